The first kappa shape index (κ1) is 12.9. The van der Waals surface area contributed by atoms with Gasteiger partial charge in [0.25, 0.3) is 0 Å². The van der Waals surface area contributed by atoms with E-state index in [9.17, 15) is 0 Å². The number of ether oxygens (including phenoxy) is 1. The van der Waals surface area contributed by atoms with Crippen molar-refractivity contribution in [3.63, 3.8) is 0 Å². The summed E-state index contributed by atoms with van der Waals surface area (Å²) in [6.07, 6.45) is 5.18. The van der Waals surface area contributed by atoms with Crippen molar-refractivity contribution in [2.45, 2.75) is 39.5 Å². The topological polar surface area (TPSA) is 12.5 Å². The Balaban J connectivity index is 3.28. The maximum Gasteiger partial charge on any atom is 0.0474 e. The minimum absolute atomic E-state index is 0.893. The maximum atomic E-state index is 5.04. The maximum absolute atomic E-state index is 5.04. The van der Waals surface area contributed by atoms with E-state index < -0.39 is 0 Å². The molecule has 0 aliphatic heterocycles. The molecule has 0 aliphatic carbocycles. The zero-order valence-electron chi connectivity index (χ0n) is 9.51. The molecule has 0 saturated carbocycles. The van der Waals surface area contributed by atoms with Crippen molar-refractivity contribution < 1.29 is 4.74 Å². The molecule has 0 rings (SSSR count). The molecule has 0 atom stereocenters. The van der Waals surface area contributed by atoms with Crippen LogP contribution in [0.5, 0.6) is 0 Å². The minimum Gasteiger partial charge on any atom is -0.385 e. The molecule has 0 fully saturated rings. The van der Waals surface area contributed by atoms with E-state index in [-0.39, 0.29) is 0 Å². The van der Waals surface area contributed by atoms with Crippen LogP contribution in [0.3, 0.4) is 0 Å². The van der Waals surface area contributed by atoms with Crippen molar-refractivity contribution >= 4 is 0 Å². The van der Waals surface area contributed by atoms with Crippen molar-refractivity contribution in [2.24, 2.45) is 0 Å². The number of methoxy groups -OCH3 is 1. The van der Waals surface area contributed by atoms with Crippen LogP contribution >= 0.6 is 0 Å². The van der Waals surface area contributed by atoms with E-state index in [1.165, 1.54) is 38.9 Å². The first-order valence-electron chi connectivity index (χ1n) is 5.56. The van der Waals surface area contributed by atoms with Gasteiger partial charge in [-0.15, -0.1) is 0 Å². The summed E-state index contributed by atoms with van der Waals surface area (Å²) in [7, 11) is 1.77. The lowest BCUT2D eigenvalue weighted by atomic mass is 10.2. The Morgan fingerprint density at radius 1 is 1.00 bits per heavy atom. The lowest BCUT2D eigenvalue weighted by molar-refractivity contribution is 0.173. The van der Waals surface area contributed by atoms with Gasteiger partial charge in [-0.05, 0) is 25.9 Å². The summed E-state index contributed by atoms with van der Waals surface area (Å²) >= 11 is 0. The summed E-state index contributed by atoms with van der Waals surface area (Å²) < 4.78 is 5.04. The van der Waals surface area contributed by atoms with Gasteiger partial charge in [0.1, 0.15) is 0 Å². The van der Waals surface area contributed by atoms with Crippen LogP contribution in [-0.2, 0) is 4.74 Å². The van der Waals surface area contributed by atoms with E-state index in [4.69, 9.17) is 4.74 Å². The number of hydrogen-bond donors (Lipinski definition) is 0. The van der Waals surface area contributed by atoms with Crippen molar-refractivity contribution in [3.8, 4) is 0 Å². The van der Waals surface area contributed by atoms with E-state index in [0.717, 1.165) is 13.0 Å². The Morgan fingerprint density at radius 3 is 2.23 bits per heavy atom. The molecule has 0 unspecified atom stereocenters. The monoisotopic (exact) mass is 187 g/mol. The Kier molecular flexibility index (Phi) is 9.94. The third-order valence-electron chi connectivity index (χ3n) is 2.35. The molecule has 0 spiro atoms. The predicted octanol–water partition coefficient (Wildman–Crippen LogP) is 2.54. The van der Waals surface area contributed by atoms with E-state index in [1.807, 2.05) is 0 Å². The summed E-state index contributed by atoms with van der Waals surface area (Å²) in [4.78, 5) is 2.51. The minimum atomic E-state index is 0.893. The SMILES string of the molecule is CCCCCN(CC)CCCOC. The van der Waals surface area contributed by atoms with Gasteiger partial charge in [-0.1, -0.05) is 26.7 Å². The molecule has 80 valence electrons. The van der Waals surface area contributed by atoms with Crippen molar-refractivity contribution in [3.05, 3.63) is 0 Å². The van der Waals surface area contributed by atoms with Gasteiger partial charge in [-0.3, -0.25) is 0 Å². The van der Waals surface area contributed by atoms with E-state index >= 15 is 0 Å². The molecule has 0 amide bonds. The summed E-state index contributed by atoms with van der Waals surface area (Å²) in [5.74, 6) is 0. The first-order valence-corrected chi connectivity index (χ1v) is 5.56. The summed E-state index contributed by atoms with van der Waals surface area (Å²) in [6, 6.07) is 0. The van der Waals surface area contributed by atoms with Gasteiger partial charge >= 0.3 is 0 Å². The molecule has 0 aromatic heterocycles. The first-order chi connectivity index (χ1) is 6.35. The van der Waals surface area contributed by atoms with Crippen LogP contribution in [0, 0.1) is 0 Å². The largest absolute Gasteiger partial charge is 0.385 e. The molecule has 0 N–H and O–H groups in total. The summed E-state index contributed by atoms with van der Waals surface area (Å²) in [6.45, 7) is 9.00. The molecule has 0 aromatic carbocycles. The number of nitrogens with zero attached hydrogens (tertiary/aromatic N) is 1. The van der Waals surface area contributed by atoms with Gasteiger partial charge in [-0.2, -0.15) is 0 Å². The second-order valence-corrected chi connectivity index (χ2v) is 3.49. The zero-order valence-corrected chi connectivity index (χ0v) is 9.51. The Bertz CT molecular complexity index is 86.1. The highest BCUT2D eigenvalue weighted by atomic mass is 16.5. The molecule has 0 radical (unpaired) electrons. The van der Waals surface area contributed by atoms with Gasteiger partial charge in [0.05, 0.1) is 0 Å². The second kappa shape index (κ2) is 10.0. The number of hydrogen-bond acceptors (Lipinski definition) is 2. The van der Waals surface area contributed by atoms with Crippen molar-refractivity contribution in [2.75, 3.05) is 33.4 Å². The van der Waals surface area contributed by atoms with Crippen molar-refractivity contribution in [1.82, 2.24) is 4.90 Å². The van der Waals surface area contributed by atoms with Gasteiger partial charge in [0.15, 0.2) is 0 Å². The quantitative estimate of drug-likeness (QED) is 0.514. The van der Waals surface area contributed by atoms with Crippen molar-refractivity contribution in [1.29, 1.82) is 0 Å². The highest BCUT2D eigenvalue weighted by Gasteiger charge is 2.00. The van der Waals surface area contributed by atoms with E-state index in [1.54, 1.807) is 7.11 Å². The standard InChI is InChI=1S/C11H25NO/c1-4-6-7-9-12(5-2)10-8-11-13-3/h4-11H2,1-3H3. The molecule has 2 nitrogen and oxygen atoms in total. The smallest absolute Gasteiger partial charge is 0.0474 e. The van der Waals surface area contributed by atoms with Crippen LogP contribution in [0.2, 0.25) is 0 Å². The summed E-state index contributed by atoms with van der Waals surface area (Å²) in [5.41, 5.74) is 0. The van der Waals surface area contributed by atoms with Crippen LogP contribution < -0.4 is 0 Å². The van der Waals surface area contributed by atoms with Crippen LogP contribution in [0.25, 0.3) is 0 Å². The third kappa shape index (κ3) is 8.26. The third-order valence-corrected chi connectivity index (χ3v) is 2.35. The highest BCUT2D eigenvalue weighted by Crippen LogP contribution is 1.99. The Hall–Kier alpha value is -0.0800. The van der Waals surface area contributed by atoms with E-state index in [0.29, 0.717) is 0 Å². The molecule has 13 heavy (non-hydrogen) atoms. The molecular weight excluding hydrogens is 162 g/mol. The second-order valence-electron chi connectivity index (χ2n) is 3.49. The zero-order chi connectivity index (χ0) is 9.94. The average Bonchev–Trinajstić information content (AvgIpc) is 2.16. The van der Waals surface area contributed by atoms with Crippen LogP contribution in [0.15, 0.2) is 0 Å². The Labute approximate surface area is 83.3 Å². The van der Waals surface area contributed by atoms with Gasteiger partial charge in [0, 0.05) is 20.3 Å². The molecule has 0 saturated heterocycles. The van der Waals surface area contributed by atoms with Gasteiger partial charge in [0.2, 0.25) is 0 Å². The fraction of sp³-hybridized carbons (Fsp3) is 1.00. The fourth-order valence-electron chi connectivity index (χ4n) is 1.45. The molecular formula is C11H25NO. The van der Waals surface area contributed by atoms with Gasteiger partial charge < -0.3 is 9.64 Å². The lowest BCUT2D eigenvalue weighted by Crippen LogP contribution is -2.26. The molecule has 2 heteroatoms. The average molecular weight is 187 g/mol. The molecule has 0 aliphatic rings. The van der Waals surface area contributed by atoms with E-state index in [2.05, 4.69) is 18.7 Å². The Morgan fingerprint density at radius 2 is 1.69 bits per heavy atom. The van der Waals surface area contributed by atoms with Crippen LogP contribution in [-0.4, -0.2) is 38.3 Å². The highest BCUT2D eigenvalue weighted by molar-refractivity contribution is 4.55. The van der Waals surface area contributed by atoms with Gasteiger partial charge in [-0.25, -0.2) is 0 Å². The molecule has 0 aromatic rings. The fourth-order valence-corrected chi connectivity index (χ4v) is 1.45. The normalized spacial score (nSPS) is 11.1. The lowest BCUT2D eigenvalue weighted by Gasteiger charge is -2.19. The number of rotatable bonds is 9. The summed E-state index contributed by atoms with van der Waals surface area (Å²) in [5, 5.41) is 0. The van der Waals surface area contributed by atoms with Crippen LogP contribution in [0.4, 0.5) is 0 Å². The predicted molar refractivity (Wildman–Crippen MR) is 58.1 cm³/mol. The molecule has 0 heterocycles. The molecule has 0 bridgehead atoms. The number of unbranched alkanes of at least 4 members (excludes halogenated alkanes) is 2. The van der Waals surface area contributed by atoms with Crippen LogP contribution in [0.1, 0.15) is 39.5 Å².